The van der Waals surface area contributed by atoms with Gasteiger partial charge in [0.25, 0.3) is 0 Å². The van der Waals surface area contributed by atoms with Gasteiger partial charge in [0.15, 0.2) is 163 Å². The molecule has 27 N–H and O–H groups in total. The van der Waals surface area contributed by atoms with E-state index in [1.54, 1.807) is 0 Å². The van der Waals surface area contributed by atoms with Crippen LogP contribution in [0.25, 0.3) is 22.3 Å². The summed E-state index contributed by atoms with van der Waals surface area (Å²) in [5.41, 5.74) is -16.8. The molecule has 0 bridgehead atoms. The van der Waals surface area contributed by atoms with E-state index in [4.69, 9.17) is 77.0 Å². The molecular weight excluding hydrogens is 1730 g/mol. The summed E-state index contributed by atoms with van der Waals surface area (Å²) in [4.78, 5) is 172. The van der Waals surface area contributed by atoms with E-state index >= 15 is 9.59 Å². The fourth-order valence-corrected chi connectivity index (χ4v) is 12.7. The Hall–Kier alpha value is -17.5. The van der Waals surface area contributed by atoms with E-state index < -0.39 is 362 Å². The molecule has 9 aromatic carbocycles. The molecular formula is C75H54O52. The maximum atomic E-state index is 15.6. The van der Waals surface area contributed by atoms with Gasteiger partial charge in [-0.1, -0.05) is 0 Å². The van der Waals surface area contributed by atoms with Gasteiger partial charge >= 0.3 is 53.7 Å². The molecule has 0 saturated carbocycles. The number of hydrogen-bond donors (Lipinski definition) is 27. The van der Waals surface area contributed by atoms with Crippen molar-refractivity contribution >= 4 is 53.7 Å². The predicted molar refractivity (Wildman–Crippen MR) is 384 cm³/mol. The number of esters is 5. The van der Waals surface area contributed by atoms with Crippen molar-refractivity contribution in [3.8, 4) is 183 Å². The van der Waals surface area contributed by atoms with E-state index in [0.717, 1.165) is 0 Å². The van der Waals surface area contributed by atoms with Gasteiger partial charge in [-0.25, -0.2) is 43.2 Å². The first kappa shape index (κ1) is 87.4. The molecule has 0 amide bonds. The molecule has 52 nitrogen and oxygen atoms in total. The van der Waals surface area contributed by atoms with Gasteiger partial charge in [0.1, 0.15) is 31.0 Å². The van der Waals surface area contributed by atoms with Crippen LogP contribution in [0, 0.1) is 0 Å². The largest absolute Gasteiger partial charge is 0.504 e. The number of phenolic OH excluding ortho intramolecular Hbond substituents is 26. The highest BCUT2D eigenvalue weighted by Crippen LogP contribution is 2.58. The highest BCUT2D eigenvalue weighted by molar-refractivity contribution is 6.10. The third-order valence-electron chi connectivity index (χ3n) is 18.8. The number of fused-ring (bicyclic) bond motifs is 8. The average molecular weight is 1790 g/mol. The van der Waals surface area contributed by atoms with Crippen molar-refractivity contribution in [2.24, 2.45) is 0 Å². The summed E-state index contributed by atoms with van der Waals surface area (Å²) in [6.45, 7) is -2.97. The number of carbonyl (C=O) groups is 9. The van der Waals surface area contributed by atoms with E-state index in [1.165, 1.54) is 0 Å². The molecule has 666 valence electrons. The number of rotatable bonds is 12. The quantitative estimate of drug-likeness (QED) is 0.0361. The van der Waals surface area contributed by atoms with Gasteiger partial charge in [0.05, 0.1) is 44.5 Å². The Bertz CT molecular complexity index is 6060. The van der Waals surface area contributed by atoms with Crippen LogP contribution < -0.4 is 4.74 Å². The molecule has 4 heterocycles. The fourth-order valence-electron chi connectivity index (χ4n) is 12.7. The first-order chi connectivity index (χ1) is 59.9. The zero-order chi connectivity index (χ0) is 92.6. The number of carbonyl (C=O) groups excluding carboxylic acids is 9. The van der Waals surface area contributed by atoms with Crippen molar-refractivity contribution in [3.63, 3.8) is 0 Å². The third kappa shape index (κ3) is 16.1. The summed E-state index contributed by atoms with van der Waals surface area (Å²) in [5, 5.41) is 293. The number of aliphatic hydroxyl groups is 1. The first-order valence-electron chi connectivity index (χ1n) is 34.7. The van der Waals surface area contributed by atoms with E-state index in [2.05, 4.69) is 0 Å². The number of hydrogen-bond acceptors (Lipinski definition) is 52. The lowest BCUT2D eigenvalue weighted by atomic mass is 9.92. The molecule has 52 heteroatoms. The average Bonchev–Trinajstić information content (AvgIpc) is 1.28. The molecule has 10 atom stereocenters. The molecule has 0 spiro atoms. The monoisotopic (exact) mass is 1790 g/mol. The number of aromatic hydroxyl groups is 26. The Kier molecular flexibility index (Phi) is 23.0. The molecule has 4 aliphatic heterocycles. The van der Waals surface area contributed by atoms with Gasteiger partial charge in [0, 0.05) is 34.4 Å². The molecule has 0 aliphatic carbocycles. The summed E-state index contributed by atoms with van der Waals surface area (Å²) in [5.74, 6) is -60.1. The summed E-state index contributed by atoms with van der Waals surface area (Å²) in [6, 6.07) is 4.17. The summed E-state index contributed by atoms with van der Waals surface area (Å²) in [7, 11) is 0. The number of ether oxygens (including phenoxy) is 8. The second kappa shape index (κ2) is 33.5. The Morgan fingerprint density at radius 1 is 0.283 bits per heavy atom. The summed E-state index contributed by atoms with van der Waals surface area (Å²) >= 11 is 0. The Morgan fingerprint density at radius 2 is 0.567 bits per heavy atom. The van der Waals surface area contributed by atoms with Crippen LogP contribution in [0.5, 0.6) is 161 Å². The minimum absolute atomic E-state index is 0.0475. The maximum absolute atomic E-state index is 15.6. The smallest absolute Gasteiger partial charge is 0.374 e. The lowest BCUT2D eigenvalue weighted by molar-refractivity contribution is -0.377. The SMILES string of the molecule is O=C(O[C@H]1O[C@@H]2COOC(=O)c3cc(O)c(O)c(O)c3-c3c(cc(O)c(O)c3O)C(=O)OO[C@H]2[C@H](OC(=O)c2cc(O)c(O)c(O)c2)[C@H]1OC(=O)c1cc(O)c(O)c(O)c1Oc1cc2c(c(O)c1O)-c1c(cc(O)c(O)c1O)C(=O)OOC[C@H]1O[C@H](O)[C@@H](OC(=O)c3cc(O)c(O)c(O)c3)[C@H](OC(=O)c3cc(O)c(O)c(O)c3)[C@@H]1OOC2=O)c1cc(O)c(O)c(O)c1. The second-order valence-corrected chi connectivity index (χ2v) is 26.7. The number of phenols is 26. The molecule has 0 aromatic heterocycles. The van der Waals surface area contributed by atoms with Crippen molar-refractivity contribution in [2.45, 2.75) is 61.4 Å². The van der Waals surface area contributed by atoms with Crippen LogP contribution >= 0.6 is 0 Å². The molecule has 2 fully saturated rings. The zero-order valence-electron chi connectivity index (χ0n) is 62.0. The van der Waals surface area contributed by atoms with Crippen LogP contribution in [0.2, 0.25) is 0 Å². The van der Waals surface area contributed by atoms with Crippen molar-refractivity contribution in [2.75, 3.05) is 13.2 Å². The highest BCUT2D eigenvalue weighted by atomic mass is 17.2. The minimum Gasteiger partial charge on any atom is -0.504 e. The standard InChI is InChI=1S/C75H54O52/c76-25-1-16(2-26(77)44(25)88)65(102)117-61-59-38(115-74(111)63(61)119-67(104)18-5-29(80)46(90)30(81)6-18)14-112-124-71(108)21-10-34(85)49(93)54(98)41(21)43-23(73(110)127-122-59)13-37(52(96)56(43)100)114-58-24(12-36(87)51(95)57(58)101)69(106)120-64-62(118-66(103)17-3-27(78)45(89)28(79)4-17)60-39(116-75(64)121-68(105)19-7-31(82)47(91)32(83)8-19)15-113-125-70(107)20-9-33(84)48(92)53(97)40(20)42-22(72(109)126-123-60)11-35(86)50(94)55(42)99/h1-13,38-39,59-64,74-101,111H,14-15H2/t38-,39-,59-,60-,61-,62+,63+,64-,74+,75-/m1/s1. The van der Waals surface area contributed by atoms with Crippen LogP contribution in [-0.4, -0.2) is 266 Å². The lowest BCUT2D eigenvalue weighted by Crippen LogP contribution is -2.63. The van der Waals surface area contributed by atoms with Crippen LogP contribution in [-0.2, 0) is 72.3 Å². The number of benzene rings is 9. The van der Waals surface area contributed by atoms with Crippen LogP contribution in [0.3, 0.4) is 0 Å². The zero-order valence-corrected chi connectivity index (χ0v) is 62.0. The van der Waals surface area contributed by atoms with Crippen LogP contribution in [0.15, 0.2) is 78.9 Å². The van der Waals surface area contributed by atoms with Gasteiger partial charge in [0.2, 0.25) is 46.9 Å². The van der Waals surface area contributed by atoms with Gasteiger partial charge in [-0.15, -0.1) is 0 Å². The highest BCUT2D eigenvalue weighted by Gasteiger charge is 2.57. The second-order valence-electron chi connectivity index (χ2n) is 26.7. The predicted octanol–water partition coefficient (Wildman–Crippen LogP) is 2.48. The van der Waals surface area contributed by atoms with Gasteiger partial charge < -0.3 is 176 Å². The maximum Gasteiger partial charge on any atom is 0.374 e. The minimum atomic E-state index is -3.12. The van der Waals surface area contributed by atoms with Gasteiger partial charge in [-0.05, 0) is 66.7 Å². The van der Waals surface area contributed by atoms with E-state index in [-0.39, 0.29) is 24.3 Å². The molecule has 2 saturated heterocycles. The lowest BCUT2D eigenvalue weighted by Gasteiger charge is -2.43. The molecule has 0 radical (unpaired) electrons. The molecule has 0 unspecified atom stereocenters. The molecule has 9 aromatic rings. The van der Waals surface area contributed by atoms with Crippen molar-refractivity contribution in [3.05, 3.63) is 129 Å². The summed E-state index contributed by atoms with van der Waals surface area (Å²) < 4.78 is 45.1. The van der Waals surface area contributed by atoms with Crippen LogP contribution in [0.4, 0.5) is 0 Å². The summed E-state index contributed by atoms with van der Waals surface area (Å²) in [6.07, 6.45) is -27.6. The molecule has 13 rings (SSSR count). The van der Waals surface area contributed by atoms with E-state index in [0.29, 0.717) is 54.6 Å². The third-order valence-corrected chi connectivity index (χ3v) is 18.8. The normalized spacial score (nSPS) is 19.9. The fraction of sp³-hybridized carbons (Fsp3) is 0.160. The Morgan fingerprint density at radius 3 is 0.937 bits per heavy atom. The topological polar surface area (TPSA) is 848 Å². The van der Waals surface area contributed by atoms with Crippen molar-refractivity contribution in [1.29, 1.82) is 0 Å². The van der Waals surface area contributed by atoms with E-state index in [1.807, 2.05) is 0 Å². The molecule has 127 heavy (non-hydrogen) atoms. The van der Waals surface area contributed by atoms with Crippen LogP contribution in [0.1, 0.15) is 93.2 Å². The van der Waals surface area contributed by atoms with Gasteiger partial charge in [-0.2, -0.15) is 19.6 Å². The van der Waals surface area contributed by atoms with Gasteiger partial charge in [-0.3, -0.25) is 19.6 Å². The number of aliphatic hydroxyl groups excluding tert-OH is 1. The van der Waals surface area contributed by atoms with E-state index in [9.17, 15) is 171 Å². The first-order valence-corrected chi connectivity index (χ1v) is 34.7. The molecule has 4 aliphatic rings. The Balaban J connectivity index is 0.947. The van der Waals surface area contributed by atoms with Crippen molar-refractivity contribution < 1.29 is 258 Å². The van der Waals surface area contributed by atoms with Crippen molar-refractivity contribution in [1.82, 2.24) is 0 Å². The Labute approximate surface area is 696 Å².